The molecule has 14 heavy (non-hydrogen) atoms. The molecule has 0 spiro atoms. The second-order valence-corrected chi connectivity index (χ2v) is 5.32. The third-order valence-corrected chi connectivity index (χ3v) is 4.09. The Morgan fingerprint density at radius 3 is 2.50 bits per heavy atom. The van der Waals surface area contributed by atoms with Gasteiger partial charge in [-0.15, -0.1) is 0 Å². The maximum absolute atomic E-state index is 5.73. The van der Waals surface area contributed by atoms with Crippen molar-refractivity contribution in [2.75, 3.05) is 19.6 Å². The quantitative estimate of drug-likeness (QED) is 0.637. The summed E-state index contributed by atoms with van der Waals surface area (Å²) in [5, 5.41) is 3.59. The van der Waals surface area contributed by atoms with Crippen molar-refractivity contribution in [2.45, 2.75) is 44.9 Å². The zero-order valence-corrected chi connectivity index (χ0v) is 9.23. The monoisotopic (exact) mass is 196 g/mol. The van der Waals surface area contributed by atoms with Crippen LogP contribution in [-0.2, 0) is 0 Å². The first-order chi connectivity index (χ1) is 6.85. The average Bonchev–Trinajstić information content (AvgIpc) is 2.81. The predicted molar refractivity (Wildman–Crippen MR) is 60.2 cm³/mol. The highest BCUT2D eigenvalue weighted by molar-refractivity contribution is 4.95. The van der Waals surface area contributed by atoms with Crippen LogP contribution in [0.4, 0.5) is 0 Å². The topological polar surface area (TPSA) is 38.0 Å². The molecule has 2 nitrogen and oxygen atoms in total. The normalized spacial score (nSPS) is 25.5. The molecule has 82 valence electrons. The van der Waals surface area contributed by atoms with Crippen molar-refractivity contribution in [1.82, 2.24) is 5.32 Å². The van der Waals surface area contributed by atoms with Crippen LogP contribution < -0.4 is 11.1 Å². The molecule has 0 radical (unpaired) electrons. The molecule has 2 aliphatic rings. The van der Waals surface area contributed by atoms with E-state index in [1.54, 1.807) is 0 Å². The van der Waals surface area contributed by atoms with Crippen LogP contribution in [0.2, 0.25) is 0 Å². The summed E-state index contributed by atoms with van der Waals surface area (Å²) in [5.74, 6) is 1.02. The van der Waals surface area contributed by atoms with Gasteiger partial charge in [0.2, 0.25) is 0 Å². The van der Waals surface area contributed by atoms with Gasteiger partial charge >= 0.3 is 0 Å². The van der Waals surface area contributed by atoms with E-state index in [1.165, 1.54) is 51.5 Å². The molecule has 0 aromatic carbocycles. The van der Waals surface area contributed by atoms with Crippen molar-refractivity contribution in [3.63, 3.8) is 0 Å². The van der Waals surface area contributed by atoms with E-state index in [1.807, 2.05) is 0 Å². The molecule has 0 aromatic heterocycles. The van der Waals surface area contributed by atoms with Gasteiger partial charge in [0.1, 0.15) is 0 Å². The Morgan fingerprint density at radius 1 is 1.21 bits per heavy atom. The van der Waals surface area contributed by atoms with Gasteiger partial charge in [0.25, 0.3) is 0 Å². The minimum Gasteiger partial charge on any atom is -0.330 e. The van der Waals surface area contributed by atoms with E-state index >= 15 is 0 Å². The minimum absolute atomic E-state index is 0.510. The van der Waals surface area contributed by atoms with E-state index < -0.39 is 0 Å². The molecule has 0 saturated heterocycles. The van der Waals surface area contributed by atoms with E-state index in [0.717, 1.165) is 19.0 Å². The highest BCUT2D eigenvalue weighted by Gasteiger charge is 2.40. The van der Waals surface area contributed by atoms with Crippen molar-refractivity contribution in [2.24, 2.45) is 17.1 Å². The van der Waals surface area contributed by atoms with Crippen LogP contribution in [0.1, 0.15) is 44.9 Å². The molecule has 0 aromatic rings. The highest BCUT2D eigenvalue weighted by atomic mass is 14.9. The summed E-state index contributed by atoms with van der Waals surface area (Å²) in [5.41, 5.74) is 6.24. The third kappa shape index (κ3) is 2.71. The molecule has 3 N–H and O–H groups in total. The van der Waals surface area contributed by atoms with Crippen molar-refractivity contribution in [1.29, 1.82) is 0 Å². The molecule has 0 atom stereocenters. The van der Waals surface area contributed by atoms with Crippen molar-refractivity contribution in [3.05, 3.63) is 0 Å². The summed E-state index contributed by atoms with van der Waals surface area (Å²) in [4.78, 5) is 0. The van der Waals surface area contributed by atoms with Crippen LogP contribution in [-0.4, -0.2) is 19.6 Å². The molecule has 0 unspecified atom stereocenters. The summed E-state index contributed by atoms with van der Waals surface area (Å²) in [6.45, 7) is 3.26. The van der Waals surface area contributed by atoms with E-state index in [0.29, 0.717) is 5.41 Å². The molecule has 2 fully saturated rings. The smallest absolute Gasteiger partial charge is 0.00199 e. The standard InChI is InChI=1S/C12H24N2/c13-9-12(6-7-12)10-14-8-5-11-3-1-2-4-11/h11,14H,1-10,13H2. The summed E-state index contributed by atoms with van der Waals surface area (Å²) < 4.78 is 0. The molecule has 0 bridgehead atoms. The highest BCUT2D eigenvalue weighted by Crippen LogP contribution is 2.43. The van der Waals surface area contributed by atoms with Gasteiger partial charge < -0.3 is 11.1 Å². The van der Waals surface area contributed by atoms with E-state index in [2.05, 4.69) is 5.32 Å². The number of rotatable bonds is 6. The predicted octanol–water partition coefficient (Wildman–Crippen LogP) is 1.90. The molecular formula is C12H24N2. The summed E-state index contributed by atoms with van der Waals surface area (Å²) in [7, 11) is 0. The lowest BCUT2D eigenvalue weighted by atomic mass is 10.0. The van der Waals surface area contributed by atoms with Gasteiger partial charge in [-0.25, -0.2) is 0 Å². The van der Waals surface area contributed by atoms with Crippen LogP contribution >= 0.6 is 0 Å². The fourth-order valence-corrected chi connectivity index (χ4v) is 2.59. The van der Waals surface area contributed by atoms with E-state index in [4.69, 9.17) is 5.73 Å². The second kappa shape index (κ2) is 4.63. The van der Waals surface area contributed by atoms with Crippen molar-refractivity contribution >= 4 is 0 Å². The van der Waals surface area contributed by atoms with Gasteiger partial charge in [-0.3, -0.25) is 0 Å². The number of hydrogen-bond donors (Lipinski definition) is 2. The Balaban J connectivity index is 1.50. The van der Waals surface area contributed by atoms with Crippen LogP contribution in [0.25, 0.3) is 0 Å². The molecule has 0 amide bonds. The lowest BCUT2D eigenvalue weighted by molar-refractivity contribution is 0.428. The molecule has 2 saturated carbocycles. The first-order valence-electron chi connectivity index (χ1n) is 6.25. The van der Waals surface area contributed by atoms with Crippen LogP contribution in [0.5, 0.6) is 0 Å². The first kappa shape index (κ1) is 10.4. The van der Waals surface area contributed by atoms with Crippen molar-refractivity contribution < 1.29 is 0 Å². The maximum Gasteiger partial charge on any atom is 0.00199 e. The summed E-state index contributed by atoms with van der Waals surface area (Å²) >= 11 is 0. The van der Waals surface area contributed by atoms with Gasteiger partial charge in [-0.1, -0.05) is 25.7 Å². The molecular weight excluding hydrogens is 172 g/mol. The molecule has 2 heteroatoms. The zero-order chi connectivity index (χ0) is 9.86. The van der Waals surface area contributed by atoms with Gasteiger partial charge in [0.05, 0.1) is 0 Å². The van der Waals surface area contributed by atoms with Gasteiger partial charge in [-0.2, -0.15) is 0 Å². The van der Waals surface area contributed by atoms with Gasteiger partial charge in [0, 0.05) is 6.54 Å². The van der Waals surface area contributed by atoms with Gasteiger partial charge in [0.15, 0.2) is 0 Å². The minimum atomic E-state index is 0.510. The molecule has 0 heterocycles. The SMILES string of the molecule is NCC1(CNCCC2CCCC2)CC1. The fourth-order valence-electron chi connectivity index (χ4n) is 2.59. The summed E-state index contributed by atoms with van der Waals surface area (Å²) in [6.07, 6.45) is 9.97. The molecule has 2 rings (SSSR count). The Hall–Kier alpha value is -0.0800. The lowest BCUT2D eigenvalue weighted by Crippen LogP contribution is -2.30. The number of nitrogens with one attached hydrogen (secondary N) is 1. The fraction of sp³-hybridized carbons (Fsp3) is 1.00. The van der Waals surface area contributed by atoms with Crippen LogP contribution in [0.15, 0.2) is 0 Å². The second-order valence-electron chi connectivity index (χ2n) is 5.32. The lowest BCUT2D eigenvalue weighted by Gasteiger charge is -2.14. The van der Waals surface area contributed by atoms with Crippen molar-refractivity contribution in [3.8, 4) is 0 Å². The average molecular weight is 196 g/mol. The molecule has 2 aliphatic carbocycles. The third-order valence-electron chi connectivity index (χ3n) is 4.09. The first-order valence-corrected chi connectivity index (χ1v) is 6.25. The number of nitrogens with two attached hydrogens (primary N) is 1. The Bertz CT molecular complexity index is 169. The zero-order valence-electron chi connectivity index (χ0n) is 9.23. The Morgan fingerprint density at radius 2 is 1.93 bits per heavy atom. The number of hydrogen-bond acceptors (Lipinski definition) is 2. The van der Waals surface area contributed by atoms with Crippen LogP contribution in [0.3, 0.4) is 0 Å². The maximum atomic E-state index is 5.73. The van der Waals surface area contributed by atoms with Gasteiger partial charge in [-0.05, 0) is 43.7 Å². The van der Waals surface area contributed by atoms with E-state index in [9.17, 15) is 0 Å². The molecule has 0 aliphatic heterocycles. The Kier molecular flexibility index (Phi) is 3.45. The largest absolute Gasteiger partial charge is 0.330 e. The van der Waals surface area contributed by atoms with E-state index in [-0.39, 0.29) is 0 Å². The van der Waals surface area contributed by atoms with Crippen LogP contribution in [0, 0.1) is 11.3 Å². The Labute approximate surface area is 87.6 Å². The summed E-state index contributed by atoms with van der Waals surface area (Å²) in [6, 6.07) is 0.